The Bertz CT molecular complexity index is 687. The van der Waals surface area contributed by atoms with Gasteiger partial charge in [0.1, 0.15) is 10.1 Å². The summed E-state index contributed by atoms with van der Waals surface area (Å²) in [6, 6.07) is -0.485. The molecule has 128 valence electrons. The molecule has 0 unspecified atom stereocenters. The minimum atomic E-state index is -1.07. The van der Waals surface area contributed by atoms with Gasteiger partial charge >= 0.3 is 0 Å². The van der Waals surface area contributed by atoms with Gasteiger partial charge in [-0.3, -0.25) is 4.79 Å². The Morgan fingerprint density at radius 1 is 1.52 bits per heavy atom. The zero-order valence-electron chi connectivity index (χ0n) is 13.6. The van der Waals surface area contributed by atoms with E-state index in [2.05, 4.69) is 31.2 Å². The van der Waals surface area contributed by atoms with Crippen molar-refractivity contribution in [2.75, 3.05) is 0 Å². The molecule has 0 bridgehead atoms. The fraction of sp³-hybridized carbons (Fsp3) is 0.500. The summed E-state index contributed by atoms with van der Waals surface area (Å²) in [4.78, 5) is 20.5. The van der Waals surface area contributed by atoms with Crippen molar-refractivity contribution < 1.29 is 13.8 Å². The largest absolute Gasteiger partial charge is 0.388 e. The molecule has 0 aliphatic rings. The van der Waals surface area contributed by atoms with E-state index in [0.717, 1.165) is 3.97 Å². The predicted octanol–water partition coefficient (Wildman–Crippen LogP) is 3.49. The third-order valence-electron chi connectivity index (χ3n) is 3.16. The minimum absolute atomic E-state index is 0.0637. The van der Waals surface area contributed by atoms with Crippen molar-refractivity contribution >= 4 is 45.3 Å². The van der Waals surface area contributed by atoms with Crippen LogP contribution in [0, 0.1) is 0 Å². The van der Waals surface area contributed by atoms with Gasteiger partial charge in [-0.25, -0.2) is 13.9 Å². The lowest BCUT2D eigenvalue weighted by Gasteiger charge is -2.26. The summed E-state index contributed by atoms with van der Waals surface area (Å²) < 4.78 is 14.5. The Morgan fingerprint density at radius 3 is 2.65 bits per heavy atom. The predicted molar refractivity (Wildman–Crippen MR) is 93.9 cm³/mol. The maximum Gasteiger partial charge on any atom is 0.255 e. The summed E-state index contributed by atoms with van der Waals surface area (Å²) in [5, 5.41) is 12.5. The Labute approximate surface area is 147 Å². The normalized spacial score (nSPS) is 12.5. The number of carbonyl (C=O) groups is 1. The number of rotatable bonds is 4. The van der Waals surface area contributed by atoms with Gasteiger partial charge in [0.15, 0.2) is 18.0 Å². The number of aliphatic hydroxyl groups is 1. The number of nitrogens with one attached hydrogen (secondary N) is 1. The van der Waals surface area contributed by atoms with Crippen LogP contribution in [0.2, 0.25) is 0 Å². The molecule has 0 saturated carbocycles. The topological polar surface area (TPSA) is 80.0 Å². The van der Waals surface area contributed by atoms with E-state index >= 15 is 0 Å². The van der Waals surface area contributed by atoms with Gasteiger partial charge in [-0.2, -0.15) is 0 Å². The molecule has 2 aromatic rings. The number of nitrogens with zero attached hydrogens (tertiary/aromatic N) is 3. The third kappa shape index (κ3) is 4.65. The molecular formula is C14H20BrFN4O2S. The molecule has 0 spiro atoms. The minimum Gasteiger partial charge on any atom is -0.388 e. The molecule has 9 heteroatoms. The van der Waals surface area contributed by atoms with Crippen LogP contribution in [0.15, 0.2) is 17.0 Å². The quantitative estimate of drug-likeness (QED) is 0.811. The van der Waals surface area contributed by atoms with Gasteiger partial charge in [0.25, 0.3) is 5.91 Å². The number of amides is 1. The second kappa shape index (κ2) is 8.07. The smallest absolute Gasteiger partial charge is 0.255 e. The zero-order chi connectivity index (χ0) is 17.8. The van der Waals surface area contributed by atoms with Crippen molar-refractivity contribution in [2.45, 2.75) is 46.3 Å². The third-order valence-corrected chi connectivity index (χ3v) is 3.97. The first-order valence-electron chi connectivity index (χ1n) is 7.10. The van der Waals surface area contributed by atoms with Crippen molar-refractivity contribution in [1.82, 2.24) is 19.3 Å². The van der Waals surface area contributed by atoms with Crippen LogP contribution >= 0.6 is 28.3 Å². The zero-order valence-corrected chi connectivity index (χ0v) is 16.0. The van der Waals surface area contributed by atoms with E-state index in [4.69, 9.17) is 0 Å². The van der Waals surface area contributed by atoms with Crippen molar-refractivity contribution in [3.05, 3.63) is 22.6 Å². The van der Waals surface area contributed by atoms with E-state index in [9.17, 15) is 13.8 Å². The Balaban J connectivity index is 0.00000127. The van der Waals surface area contributed by atoms with Crippen LogP contribution in [-0.4, -0.2) is 36.6 Å². The Hall–Kier alpha value is -1.19. The van der Waals surface area contributed by atoms with Crippen molar-refractivity contribution in [3.8, 4) is 0 Å². The van der Waals surface area contributed by atoms with Crippen LogP contribution in [0.4, 0.5) is 3.89 Å². The average Bonchev–Trinajstić information content (AvgIpc) is 2.86. The van der Waals surface area contributed by atoms with Gasteiger partial charge in [-0.1, -0.05) is 13.8 Å². The van der Waals surface area contributed by atoms with Crippen LogP contribution in [-0.2, 0) is 0 Å². The lowest BCUT2D eigenvalue weighted by atomic mass is 10.0. The SMILES string of the molecule is CC.C[C@@H](NC(=O)c1cn(SF)c2ncc(Br)nc12)C(C)(C)O. The Kier molecular flexibility index (Phi) is 6.97. The molecule has 0 aliphatic heterocycles. The summed E-state index contributed by atoms with van der Waals surface area (Å²) in [5.41, 5.74) is -0.337. The molecule has 2 heterocycles. The van der Waals surface area contributed by atoms with Crippen LogP contribution < -0.4 is 5.32 Å². The number of hydrogen-bond acceptors (Lipinski definition) is 5. The van der Waals surface area contributed by atoms with Crippen molar-refractivity contribution in [2.24, 2.45) is 0 Å². The maximum atomic E-state index is 12.9. The van der Waals surface area contributed by atoms with E-state index in [1.54, 1.807) is 20.8 Å². The molecule has 23 heavy (non-hydrogen) atoms. The van der Waals surface area contributed by atoms with E-state index in [1.807, 2.05) is 13.8 Å². The number of halogens is 2. The summed E-state index contributed by atoms with van der Waals surface area (Å²) in [7, 11) is 0. The molecule has 1 amide bonds. The molecule has 2 aromatic heterocycles. The fourth-order valence-electron chi connectivity index (χ4n) is 1.61. The molecule has 1 atom stereocenters. The number of hydrogen-bond donors (Lipinski definition) is 2. The highest BCUT2D eigenvalue weighted by Crippen LogP contribution is 2.24. The van der Waals surface area contributed by atoms with Gasteiger partial charge < -0.3 is 10.4 Å². The van der Waals surface area contributed by atoms with E-state index in [-0.39, 0.29) is 29.1 Å². The molecule has 0 radical (unpaired) electrons. The maximum absolute atomic E-state index is 12.9. The highest BCUT2D eigenvalue weighted by Gasteiger charge is 2.26. The molecule has 0 fully saturated rings. The second-order valence-corrected chi connectivity index (χ2v) is 6.50. The van der Waals surface area contributed by atoms with Crippen LogP contribution in [0.25, 0.3) is 11.2 Å². The standard InChI is InChI=1S/C12H14BrFN4O2S.C2H6/c1-6(12(2,3)20)16-11(19)7-5-18(21-14)10-9(7)17-8(13)4-15-10;1-2/h4-6,20H,1-3H3,(H,16,19);1-2H3/t6-;/m1./s1. The van der Waals surface area contributed by atoms with Gasteiger partial charge in [-0.15, -0.1) is 3.89 Å². The summed E-state index contributed by atoms with van der Waals surface area (Å²) in [6.07, 6.45) is 2.75. The van der Waals surface area contributed by atoms with Crippen LogP contribution in [0.3, 0.4) is 0 Å². The van der Waals surface area contributed by atoms with Gasteiger partial charge in [-0.05, 0) is 36.7 Å². The summed E-state index contributed by atoms with van der Waals surface area (Å²) in [5.74, 6) is -0.449. The van der Waals surface area contributed by atoms with E-state index in [1.165, 1.54) is 12.4 Å². The first-order valence-corrected chi connectivity index (χ1v) is 8.56. The molecule has 0 saturated heterocycles. The molecule has 2 rings (SSSR count). The first kappa shape index (κ1) is 19.9. The number of aromatic nitrogens is 3. The molecule has 0 aromatic carbocycles. The first-order chi connectivity index (χ1) is 10.7. The van der Waals surface area contributed by atoms with Gasteiger partial charge in [0.2, 0.25) is 0 Å². The van der Waals surface area contributed by atoms with Crippen molar-refractivity contribution in [3.63, 3.8) is 0 Å². The number of carbonyl (C=O) groups excluding carboxylic acids is 1. The molecule has 6 nitrogen and oxygen atoms in total. The van der Waals surface area contributed by atoms with Gasteiger partial charge in [0, 0.05) is 6.20 Å². The highest BCUT2D eigenvalue weighted by atomic mass is 79.9. The summed E-state index contributed by atoms with van der Waals surface area (Å²) >= 11 is 3.11. The van der Waals surface area contributed by atoms with E-state index in [0.29, 0.717) is 4.60 Å². The molecule has 0 aliphatic carbocycles. The molecule has 2 N–H and O–H groups in total. The van der Waals surface area contributed by atoms with Crippen molar-refractivity contribution in [1.29, 1.82) is 0 Å². The average molecular weight is 407 g/mol. The van der Waals surface area contributed by atoms with Crippen LogP contribution in [0.1, 0.15) is 45.0 Å². The molecular weight excluding hydrogens is 387 g/mol. The highest BCUT2D eigenvalue weighted by molar-refractivity contribution is 9.10. The summed E-state index contributed by atoms with van der Waals surface area (Å²) in [6.45, 7) is 8.87. The van der Waals surface area contributed by atoms with Crippen LogP contribution in [0.5, 0.6) is 0 Å². The lowest BCUT2D eigenvalue weighted by molar-refractivity contribution is 0.0409. The van der Waals surface area contributed by atoms with E-state index < -0.39 is 17.6 Å². The number of fused-ring (bicyclic) bond motifs is 1. The fourth-order valence-corrected chi connectivity index (χ4v) is 2.24. The second-order valence-electron chi connectivity index (χ2n) is 5.15. The lowest BCUT2D eigenvalue weighted by Crippen LogP contribution is -2.47. The Morgan fingerprint density at radius 2 is 2.13 bits per heavy atom. The van der Waals surface area contributed by atoms with Gasteiger partial charge in [0.05, 0.1) is 23.4 Å². The monoisotopic (exact) mass is 406 g/mol.